The van der Waals surface area contributed by atoms with Crippen LogP contribution < -0.4 is 10.6 Å². The number of nitrogens with zero attached hydrogens (tertiary/aromatic N) is 1. The monoisotopic (exact) mass is 217 g/mol. The highest BCUT2D eigenvalue weighted by molar-refractivity contribution is 5.75. The first-order valence-corrected chi connectivity index (χ1v) is 4.66. The molecule has 2 N–H and O–H groups in total. The fourth-order valence-electron chi connectivity index (χ4n) is 0.932. The molecule has 0 aliphatic rings. The molecule has 0 aromatic rings. The minimum Gasteiger partial charge on any atom is -0.461 e. The molecular weight excluding hydrogens is 198 g/mol. The zero-order valence-electron chi connectivity index (χ0n) is 9.45. The Hall–Kier alpha value is -0.980. The molecule has 0 aliphatic heterocycles. The Morgan fingerprint density at radius 3 is 2.47 bits per heavy atom. The molecule has 0 amide bonds. The summed E-state index contributed by atoms with van der Waals surface area (Å²) < 4.78 is 9.92. The summed E-state index contributed by atoms with van der Waals surface area (Å²) in [5.41, 5.74) is 0. The summed E-state index contributed by atoms with van der Waals surface area (Å²) >= 11 is 0. The molecule has 6 heteroatoms. The fraction of sp³-hybridized carbons (Fsp3) is 0.778. The van der Waals surface area contributed by atoms with E-state index in [1.807, 2.05) is 0 Å². The average molecular weight is 217 g/mol. The summed E-state index contributed by atoms with van der Waals surface area (Å²) in [5.74, 6) is -0.430. The Bertz CT molecular complexity index is 195. The predicted molar refractivity (Wildman–Crippen MR) is 58.1 cm³/mol. The topological polar surface area (TPSA) is 72.0 Å². The quantitative estimate of drug-likeness (QED) is 0.310. The third kappa shape index (κ3) is 5.46. The molecule has 1 atom stereocenters. The molecule has 0 bridgehead atoms. The second-order valence-electron chi connectivity index (χ2n) is 2.89. The van der Waals surface area contributed by atoms with Gasteiger partial charge < -0.3 is 20.1 Å². The molecule has 88 valence electrons. The van der Waals surface area contributed by atoms with Crippen LogP contribution in [-0.2, 0) is 14.3 Å². The van der Waals surface area contributed by atoms with Crippen LogP contribution in [0.1, 0.15) is 0 Å². The minimum atomic E-state index is -0.670. The summed E-state index contributed by atoms with van der Waals surface area (Å²) in [6.45, 7) is 3.74. The van der Waals surface area contributed by atoms with Gasteiger partial charge in [-0.05, 0) is 20.8 Å². The molecule has 0 saturated heterocycles. The van der Waals surface area contributed by atoms with Gasteiger partial charge in [0.2, 0.25) is 0 Å². The van der Waals surface area contributed by atoms with E-state index in [4.69, 9.17) is 9.47 Å². The van der Waals surface area contributed by atoms with Gasteiger partial charge >= 0.3 is 5.97 Å². The van der Waals surface area contributed by atoms with Gasteiger partial charge in [-0.3, -0.25) is 4.99 Å². The maximum atomic E-state index is 11.4. The van der Waals surface area contributed by atoms with Crippen molar-refractivity contribution in [2.24, 2.45) is 4.99 Å². The number of likely N-dealkylation sites (N-methyl/N-ethyl adjacent to an activating group) is 2. The molecule has 0 aromatic heterocycles. The summed E-state index contributed by atoms with van der Waals surface area (Å²) in [6, 6.07) is 0. The number of carbonyl (C=O) groups is 1. The van der Waals surface area contributed by atoms with Gasteiger partial charge in [0, 0.05) is 7.11 Å². The van der Waals surface area contributed by atoms with Gasteiger partial charge in [0.05, 0.1) is 12.7 Å². The molecule has 0 spiro atoms. The number of esters is 1. The van der Waals surface area contributed by atoms with Gasteiger partial charge in [-0.1, -0.05) is 0 Å². The Morgan fingerprint density at radius 2 is 2.07 bits per heavy atom. The summed E-state index contributed by atoms with van der Waals surface area (Å²) in [6.07, 6.45) is -0.736. The van der Waals surface area contributed by atoms with Gasteiger partial charge in [0.25, 0.3) is 0 Å². The first-order chi connectivity index (χ1) is 7.19. The standard InChI is InChI=1S/C9H19N3O3/c1-10-5-7(14-4)9(13)15-6-8(11-2)12-3/h7-8,11-12H,1,5-6H2,2-4H3. The lowest BCUT2D eigenvalue weighted by atomic mass is 10.3. The van der Waals surface area contributed by atoms with Crippen LogP contribution in [0.2, 0.25) is 0 Å². The summed E-state index contributed by atoms with van der Waals surface area (Å²) in [5, 5.41) is 5.86. The molecule has 0 saturated carbocycles. The number of hydrogen-bond donors (Lipinski definition) is 2. The Morgan fingerprint density at radius 1 is 1.47 bits per heavy atom. The third-order valence-electron chi connectivity index (χ3n) is 1.93. The minimum absolute atomic E-state index is 0.0665. The lowest BCUT2D eigenvalue weighted by molar-refractivity contribution is -0.155. The van der Waals surface area contributed by atoms with E-state index in [1.165, 1.54) is 7.11 Å². The van der Waals surface area contributed by atoms with Gasteiger partial charge in [-0.25, -0.2) is 4.79 Å². The van der Waals surface area contributed by atoms with Crippen molar-refractivity contribution in [2.75, 3.05) is 34.4 Å². The lowest BCUT2D eigenvalue weighted by Crippen LogP contribution is -2.43. The van der Waals surface area contributed by atoms with Crippen molar-refractivity contribution in [3.8, 4) is 0 Å². The maximum absolute atomic E-state index is 11.4. The van der Waals surface area contributed by atoms with Crippen molar-refractivity contribution in [1.82, 2.24) is 10.6 Å². The van der Waals surface area contributed by atoms with Gasteiger partial charge in [0.1, 0.15) is 6.61 Å². The van der Waals surface area contributed by atoms with Crippen LogP contribution in [0.15, 0.2) is 4.99 Å². The molecule has 1 unspecified atom stereocenters. The van der Waals surface area contributed by atoms with E-state index < -0.39 is 12.1 Å². The van der Waals surface area contributed by atoms with Crippen molar-refractivity contribution in [1.29, 1.82) is 0 Å². The Kier molecular flexibility index (Phi) is 7.79. The zero-order valence-corrected chi connectivity index (χ0v) is 9.45. The number of aliphatic imine (C=N–C) groups is 1. The Labute approximate surface area is 90.0 Å². The van der Waals surface area contributed by atoms with Gasteiger partial charge in [-0.2, -0.15) is 0 Å². The van der Waals surface area contributed by atoms with Crippen LogP contribution in [-0.4, -0.2) is 59.3 Å². The largest absolute Gasteiger partial charge is 0.461 e. The van der Waals surface area contributed by atoms with Crippen LogP contribution in [0.3, 0.4) is 0 Å². The van der Waals surface area contributed by atoms with E-state index in [1.54, 1.807) is 14.1 Å². The molecule has 6 nitrogen and oxygen atoms in total. The van der Waals surface area contributed by atoms with Crippen molar-refractivity contribution >= 4 is 12.7 Å². The summed E-state index contributed by atoms with van der Waals surface area (Å²) in [4.78, 5) is 15.0. The molecule has 0 fully saturated rings. The van der Waals surface area contributed by atoms with Crippen molar-refractivity contribution < 1.29 is 14.3 Å². The SMILES string of the molecule is C=NCC(OC)C(=O)OCC(NC)NC. The first-order valence-electron chi connectivity index (χ1n) is 4.66. The van der Waals surface area contributed by atoms with Gasteiger partial charge in [-0.15, -0.1) is 0 Å². The molecular formula is C9H19N3O3. The van der Waals surface area contributed by atoms with Gasteiger partial charge in [0.15, 0.2) is 6.10 Å². The number of carbonyl (C=O) groups excluding carboxylic acids is 1. The number of methoxy groups -OCH3 is 1. The van der Waals surface area contributed by atoms with E-state index in [-0.39, 0.29) is 19.3 Å². The highest BCUT2D eigenvalue weighted by Crippen LogP contribution is 1.95. The summed E-state index contributed by atoms with van der Waals surface area (Å²) in [7, 11) is 4.98. The first kappa shape index (κ1) is 14.0. The van der Waals surface area contributed by atoms with Crippen LogP contribution in [0.25, 0.3) is 0 Å². The van der Waals surface area contributed by atoms with E-state index in [9.17, 15) is 4.79 Å². The van der Waals surface area contributed by atoms with Crippen LogP contribution in [0.4, 0.5) is 0 Å². The highest BCUT2D eigenvalue weighted by atomic mass is 16.6. The van der Waals surface area contributed by atoms with Crippen molar-refractivity contribution in [3.05, 3.63) is 0 Å². The molecule has 0 aliphatic carbocycles. The van der Waals surface area contributed by atoms with Crippen LogP contribution in [0.5, 0.6) is 0 Å². The Balaban J connectivity index is 3.93. The molecule has 0 heterocycles. The number of nitrogens with one attached hydrogen (secondary N) is 2. The molecule has 0 rings (SSSR count). The number of rotatable bonds is 8. The molecule has 15 heavy (non-hydrogen) atoms. The zero-order chi connectivity index (χ0) is 11.7. The highest BCUT2D eigenvalue weighted by Gasteiger charge is 2.19. The second kappa shape index (κ2) is 8.34. The maximum Gasteiger partial charge on any atom is 0.337 e. The number of ether oxygens (including phenoxy) is 2. The average Bonchev–Trinajstić information content (AvgIpc) is 2.26. The van der Waals surface area contributed by atoms with E-state index in [2.05, 4.69) is 22.3 Å². The molecule has 0 radical (unpaired) electrons. The van der Waals surface area contributed by atoms with Crippen LogP contribution >= 0.6 is 0 Å². The smallest absolute Gasteiger partial charge is 0.337 e. The predicted octanol–water partition coefficient (Wildman–Crippen LogP) is -0.990. The number of hydrogen-bond acceptors (Lipinski definition) is 6. The van der Waals surface area contributed by atoms with E-state index in [0.717, 1.165) is 0 Å². The lowest BCUT2D eigenvalue weighted by Gasteiger charge is -2.17. The normalized spacial score (nSPS) is 12.5. The van der Waals surface area contributed by atoms with E-state index in [0.29, 0.717) is 0 Å². The fourth-order valence-corrected chi connectivity index (χ4v) is 0.932. The van der Waals surface area contributed by atoms with E-state index >= 15 is 0 Å². The third-order valence-corrected chi connectivity index (χ3v) is 1.93. The molecule has 0 aromatic carbocycles. The van der Waals surface area contributed by atoms with Crippen LogP contribution in [0, 0.1) is 0 Å². The second-order valence-corrected chi connectivity index (χ2v) is 2.89. The van der Waals surface area contributed by atoms with Crippen molar-refractivity contribution in [3.63, 3.8) is 0 Å². The van der Waals surface area contributed by atoms with Crippen molar-refractivity contribution in [2.45, 2.75) is 12.3 Å².